The molecule has 150 valence electrons. The van der Waals surface area contributed by atoms with Crippen LogP contribution >= 0.6 is 11.6 Å². The Morgan fingerprint density at radius 2 is 1.93 bits per heavy atom. The molecule has 6 nitrogen and oxygen atoms in total. The SMILES string of the molecule is Cc1c(S(=O)(=O)N[I-]C(F)(F)F)cn(C)c1C(=O)Nc1ccc(F)c(Cl)c1. The fourth-order valence-corrected chi connectivity index (χ4v) is 5.80. The molecule has 2 aromatic rings. The van der Waals surface area contributed by atoms with Gasteiger partial charge in [-0.1, -0.05) is 0 Å². The molecule has 0 aliphatic rings. The topological polar surface area (TPSA) is 80.2 Å². The first-order valence-corrected chi connectivity index (χ1v) is 11.0. The van der Waals surface area contributed by atoms with Crippen molar-refractivity contribution in [3.05, 3.63) is 46.5 Å². The van der Waals surface area contributed by atoms with Crippen LogP contribution in [-0.4, -0.2) is 23.1 Å². The summed E-state index contributed by atoms with van der Waals surface area (Å²) in [6.07, 6.45) is 1.05. The minimum absolute atomic E-state index is 0.0260. The standard InChI is InChI=1S/C14H12ClF4IN3O3S/c1-7-11(27(25,26)22-20-14(17,18)19)6-23(2)12(7)13(24)21-8-3-4-10(16)9(15)5-8/h3-6,22H,1-2H3,(H,21,24)/q-1. The van der Waals surface area contributed by atoms with E-state index >= 15 is 0 Å². The van der Waals surface area contributed by atoms with Gasteiger partial charge in [-0.15, -0.1) is 0 Å². The number of hydrogen-bond acceptors (Lipinski definition) is 3. The van der Waals surface area contributed by atoms with Crippen LogP contribution in [0.25, 0.3) is 0 Å². The Morgan fingerprint density at radius 3 is 2.48 bits per heavy atom. The quantitative estimate of drug-likeness (QED) is 0.246. The van der Waals surface area contributed by atoms with Gasteiger partial charge >= 0.3 is 168 Å². The van der Waals surface area contributed by atoms with Crippen molar-refractivity contribution in [3.63, 3.8) is 0 Å². The summed E-state index contributed by atoms with van der Waals surface area (Å²) in [7, 11) is -3.06. The molecule has 1 amide bonds. The van der Waals surface area contributed by atoms with E-state index in [2.05, 4.69) is 5.32 Å². The molecule has 2 N–H and O–H groups in total. The van der Waals surface area contributed by atoms with Gasteiger partial charge in [0, 0.05) is 0 Å². The van der Waals surface area contributed by atoms with Crippen LogP contribution in [-0.2, 0) is 17.1 Å². The Hall–Kier alpha value is -1.38. The van der Waals surface area contributed by atoms with Crippen molar-refractivity contribution in [1.29, 1.82) is 0 Å². The summed E-state index contributed by atoms with van der Waals surface area (Å²) in [5, 5.41) is 2.21. The van der Waals surface area contributed by atoms with Crippen molar-refractivity contribution in [3.8, 4) is 0 Å². The number of aromatic nitrogens is 1. The van der Waals surface area contributed by atoms with Gasteiger partial charge in [-0.05, 0) is 0 Å². The van der Waals surface area contributed by atoms with Gasteiger partial charge in [0.25, 0.3) is 0 Å². The number of sulfonamides is 1. The van der Waals surface area contributed by atoms with E-state index in [0.717, 1.165) is 12.3 Å². The summed E-state index contributed by atoms with van der Waals surface area (Å²) in [5.74, 6) is -1.42. The number of nitrogens with zero attached hydrogens (tertiary/aromatic N) is 1. The molecule has 0 unspecified atom stereocenters. The molecule has 13 heteroatoms. The van der Waals surface area contributed by atoms with Gasteiger partial charge in [0.1, 0.15) is 0 Å². The molecule has 0 atom stereocenters. The zero-order valence-corrected chi connectivity index (χ0v) is 17.4. The number of carbonyl (C=O) groups is 1. The molecular formula is C14H12ClF4IN3O3S-. The zero-order valence-electron chi connectivity index (χ0n) is 13.7. The van der Waals surface area contributed by atoms with Crippen LogP contribution < -0.4 is 29.7 Å². The summed E-state index contributed by atoms with van der Waals surface area (Å²) >= 11 is 2.82. The van der Waals surface area contributed by atoms with Crippen LogP contribution in [0.1, 0.15) is 16.1 Å². The first-order valence-electron chi connectivity index (χ1n) is 6.97. The average Bonchev–Trinajstić information content (AvgIpc) is 2.84. The van der Waals surface area contributed by atoms with Crippen molar-refractivity contribution in [2.24, 2.45) is 7.05 Å². The number of carbonyl (C=O) groups excluding carboxylic acids is 1. The first-order chi connectivity index (χ1) is 12.3. The Labute approximate surface area is 167 Å². The normalized spacial score (nSPS) is 12.4. The number of aryl methyl sites for hydroxylation is 1. The van der Waals surface area contributed by atoms with Crippen LogP contribution in [0.3, 0.4) is 0 Å². The number of anilines is 1. The number of halogens is 6. The van der Waals surface area contributed by atoms with Crippen molar-refractivity contribution in [2.75, 3.05) is 5.32 Å². The van der Waals surface area contributed by atoms with Gasteiger partial charge in [-0.3, -0.25) is 0 Å². The number of hydrogen-bond donors (Lipinski definition) is 2. The fourth-order valence-electron chi connectivity index (χ4n) is 2.22. The van der Waals surface area contributed by atoms with Crippen LogP contribution in [0.2, 0.25) is 5.02 Å². The zero-order chi connectivity index (χ0) is 20.6. The molecule has 0 fully saturated rings. The summed E-state index contributed by atoms with van der Waals surface area (Å²) in [6, 6.07) is 3.46. The summed E-state index contributed by atoms with van der Waals surface area (Å²) in [6.45, 7) is 1.30. The van der Waals surface area contributed by atoms with E-state index in [4.69, 9.17) is 11.6 Å². The molecule has 0 radical (unpaired) electrons. The summed E-state index contributed by atoms with van der Waals surface area (Å²) in [5.41, 5.74) is 0.0559. The van der Waals surface area contributed by atoms with Gasteiger partial charge in [0.15, 0.2) is 0 Å². The third-order valence-electron chi connectivity index (χ3n) is 3.32. The van der Waals surface area contributed by atoms with E-state index in [-0.39, 0.29) is 22.0 Å². The second-order valence-electron chi connectivity index (χ2n) is 5.26. The molecule has 1 aromatic carbocycles. The van der Waals surface area contributed by atoms with Crippen molar-refractivity contribution in [2.45, 2.75) is 16.0 Å². The maximum atomic E-state index is 13.2. The van der Waals surface area contributed by atoms with Gasteiger partial charge in [-0.25, -0.2) is 0 Å². The third kappa shape index (κ3) is 5.33. The predicted molar refractivity (Wildman–Crippen MR) is 85.9 cm³/mol. The second-order valence-corrected chi connectivity index (χ2v) is 10.4. The van der Waals surface area contributed by atoms with Crippen LogP contribution in [0.4, 0.5) is 23.2 Å². The number of amides is 1. The maximum absolute atomic E-state index is 13.2. The molecule has 0 aliphatic carbocycles. The third-order valence-corrected chi connectivity index (χ3v) is 7.89. The molecule has 0 aliphatic heterocycles. The van der Waals surface area contributed by atoms with Crippen molar-refractivity contribution < 1.29 is 52.3 Å². The Balaban J connectivity index is 2.31. The number of nitrogens with one attached hydrogen (secondary N) is 2. The monoisotopic (exact) mass is 540 g/mol. The molecule has 0 bridgehead atoms. The van der Waals surface area contributed by atoms with Crippen LogP contribution in [0.15, 0.2) is 29.3 Å². The molecule has 2 rings (SSSR count). The van der Waals surface area contributed by atoms with Gasteiger partial charge in [-0.2, -0.15) is 0 Å². The predicted octanol–water partition coefficient (Wildman–Crippen LogP) is 0.180. The van der Waals surface area contributed by atoms with E-state index < -0.39 is 52.3 Å². The van der Waals surface area contributed by atoms with Gasteiger partial charge in [0.2, 0.25) is 0 Å². The number of rotatable bonds is 5. The van der Waals surface area contributed by atoms with Crippen LogP contribution in [0.5, 0.6) is 0 Å². The van der Waals surface area contributed by atoms with Crippen molar-refractivity contribution in [1.82, 2.24) is 7.50 Å². The first kappa shape index (κ1) is 21.9. The Kier molecular flexibility index (Phi) is 6.44. The molecule has 0 spiro atoms. The van der Waals surface area contributed by atoms with E-state index in [1.807, 2.05) is 0 Å². The molecule has 0 saturated heterocycles. The fraction of sp³-hybridized carbons (Fsp3) is 0.214. The number of alkyl halides is 4. The molecule has 1 aromatic heterocycles. The molecule has 1 heterocycles. The van der Waals surface area contributed by atoms with E-state index in [1.54, 1.807) is 2.94 Å². The van der Waals surface area contributed by atoms with Crippen LogP contribution in [0, 0.1) is 12.7 Å². The molecular weight excluding hydrogens is 529 g/mol. The average molecular weight is 541 g/mol. The Bertz CT molecular complexity index is 992. The summed E-state index contributed by atoms with van der Waals surface area (Å²) < 4.78 is 72.6. The second kappa shape index (κ2) is 7.93. The van der Waals surface area contributed by atoms with E-state index in [0.29, 0.717) is 0 Å². The van der Waals surface area contributed by atoms with Gasteiger partial charge in [0.05, 0.1) is 0 Å². The van der Waals surface area contributed by atoms with Crippen molar-refractivity contribution >= 4 is 33.2 Å². The molecule has 0 saturated carbocycles. The van der Waals surface area contributed by atoms with Gasteiger partial charge < -0.3 is 0 Å². The van der Waals surface area contributed by atoms with E-state index in [1.165, 1.54) is 30.7 Å². The Morgan fingerprint density at radius 1 is 1.30 bits per heavy atom. The summed E-state index contributed by atoms with van der Waals surface area (Å²) in [4.78, 5) is 12.0. The van der Waals surface area contributed by atoms with E-state index in [9.17, 15) is 30.8 Å². The number of benzene rings is 1. The minimum atomic E-state index is -4.61. The molecule has 27 heavy (non-hydrogen) atoms.